The van der Waals surface area contributed by atoms with Crippen molar-refractivity contribution < 1.29 is 9.47 Å². The van der Waals surface area contributed by atoms with Crippen LogP contribution in [0.4, 0.5) is 0 Å². The van der Waals surface area contributed by atoms with Gasteiger partial charge in [-0.25, -0.2) is 15.0 Å². The summed E-state index contributed by atoms with van der Waals surface area (Å²) in [6.07, 6.45) is 1.31. The van der Waals surface area contributed by atoms with Crippen molar-refractivity contribution in [2.45, 2.75) is 7.59 Å². The van der Waals surface area contributed by atoms with Crippen molar-refractivity contribution in [3.8, 4) is 34.3 Å². The van der Waals surface area contributed by atoms with Gasteiger partial charge in [0.15, 0.2) is 11.6 Å². The van der Waals surface area contributed by atoms with E-state index >= 15 is 0 Å². The van der Waals surface area contributed by atoms with Crippen LogP contribution in [0.25, 0.3) is 22.8 Å². The maximum Gasteiger partial charge on any atom is 0.216 e. The molecule has 0 bridgehead atoms. The second-order valence-corrected chi connectivity index (χ2v) is 10.5. The molecule has 0 unspecified atom stereocenters. The Morgan fingerprint density at radius 2 is 1.07 bits per heavy atom. The Balaban J connectivity index is 2.30. The molecule has 0 saturated heterocycles. The molecule has 0 aliphatic carbocycles. The molecule has 0 aliphatic heterocycles. The van der Waals surface area contributed by atoms with Gasteiger partial charge in [0.05, 0.1) is 25.3 Å². The van der Waals surface area contributed by atoms with Gasteiger partial charge in [-0.05, 0) is 12.1 Å². The zero-order valence-electron chi connectivity index (χ0n) is 15.5. The van der Waals surface area contributed by atoms with E-state index in [0.717, 1.165) is 0 Å². The molecule has 5 nitrogen and oxygen atoms in total. The van der Waals surface area contributed by atoms with Gasteiger partial charge in [-0.15, -0.1) is 0 Å². The van der Waals surface area contributed by atoms with Crippen molar-refractivity contribution >= 4 is 69.6 Å². The first kappa shape index (κ1) is 23.5. The number of hydrogen-bond donors (Lipinski definition) is 0. The number of halogens is 6. The quantitative estimate of drug-likeness (QED) is 0.346. The Bertz CT molecular complexity index is 986. The van der Waals surface area contributed by atoms with Crippen molar-refractivity contribution in [2.24, 2.45) is 0 Å². The molecule has 2 aromatic carbocycles. The fraction of sp³-hybridized carbons (Fsp3) is 0.211. The Morgan fingerprint density at radius 3 is 1.40 bits per heavy atom. The average Bonchev–Trinajstić information content (AvgIpc) is 2.71. The van der Waals surface area contributed by atoms with Crippen LogP contribution in [-0.2, 0) is 7.59 Å². The van der Waals surface area contributed by atoms with Gasteiger partial charge in [0.2, 0.25) is 7.59 Å². The molecule has 11 heteroatoms. The minimum absolute atomic E-state index is 0.208. The maximum absolute atomic E-state index is 6.16. The lowest BCUT2D eigenvalue weighted by Gasteiger charge is -2.20. The minimum Gasteiger partial charge on any atom is -0.496 e. The molecule has 1 aromatic heterocycles. The van der Waals surface area contributed by atoms with E-state index in [1.807, 2.05) is 0 Å². The molecule has 0 radical (unpaired) electrons. The lowest BCUT2D eigenvalue weighted by atomic mass is 10.0. The van der Waals surface area contributed by atoms with Crippen LogP contribution in [0.3, 0.4) is 0 Å². The second-order valence-electron chi connectivity index (χ2n) is 5.89. The maximum atomic E-state index is 6.16. The predicted octanol–water partition coefficient (Wildman–Crippen LogP) is 6.88. The first-order valence-corrected chi connectivity index (χ1v) is 10.5. The number of aromatic nitrogens is 3. The fourth-order valence-electron chi connectivity index (χ4n) is 2.87. The molecule has 0 N–H and O–H groups in total. The Labute approximate surface area is 203 Å². The summed E-state index contributed by atoms with van der Waals surface area (Å²) in [5, 5.41) is 0. The van der Waals surface area contributed by atoms with E-state index in [9.17, 15) is 0 Å². The first-order chi connectivity index (χ1) is 14.1. The van der Waals surface area contributed by atoms with Gasteiger partial charge >= 0.3 is 0 Å². The summed E-state index contributed by atoms with van der Waals surface area (Å²) in [5.41, 5.74) is 1.47. The molecular formula is C19H13Cl6N3O2. The molecule has 0 amide bonds. The number of ether oxygens (including phenoxy) is 2. The van der Waals surface area contributed by atoms with Gasteiger partial charge in [-0.2, -0.15) is 0 Å². The topological polar surface area (TPSA) is 57.1 Å². The summed E-state index contributed by atoms with van der Waals surface area (Å²) in [4.78, 5) is 13.0. The molecule has 3 aromatic rings. The van der Waals surface area contributed by atoms with Gasteiger partial charge in [0.1, 0.15) is 17.8 Å². The minimum atomic E-state index is -1.75. The van der Waals surface area contributed by atoms with Crippen molar-refractivity contribution in [1.82, 2.24) is 15.0 Å². The highest BCUT2D eigenvalue weighted by molar-refractivity contribution is 6.67. The Kier molecular flexibility index (Phi) is 7.12. The second kappa shape index (κ2) is 9.11. The smallest absolute Gasteiger partial charge is 0.216 e. The van der Waals surface area contributed by atoms with Crippen LogP contribution in [0.15, 0.2) is 42.7 Å². The van der Waals surface area contributed by atoms with E-state index in [1.165, 1.54) is 20.5 Å². The lowest BCUT2D eigenvalue weighted by molar-refractivity contribution is 0.415. The van der Waals surface area contributed by atoms with Gasteiger partial charge < -0.3 is 9.47 Å². The van der Waals surface area contributed by atoms with Crippen LogP contribution >= 0.6 is 69.6 Å². The van der Waals surface area contributed by atoms with Crippen LogP contribution in [0.1, 0.15) is 11.1 Å². The van der Waals surface area contributed by atoms with Crippen molar-refractivity contribution in [3.05, 3.63) is 53.9 Å². The van der Waals surface area contributed by atoms with Crippen LogP contribution in [-0.4, -0.2) is 29.2 Å². The van der Waals surface area contributed by atoms with Crippen molar-refractivity contribution in [1.29, 1.82) is 0 Å². The summed E-state index contributed by atoms with van der Waals surface area (Å²) >= 11 is 37.0. The van der Waals surface area contributed by atoms with E-state index in [-0.39, 0.29) is 11.6 Å². The van der Waals surface area contributed by atoms with E-state index < -0.39 is 7.59 Å². The van der Waals surface area contributed by atoms with Gasteiger partial charge in [-0.1, -0.05) is 93.9 Å². The number of nitrogens with zero attached hydrogens (tertiary/aromatic N) is 3. The molecule has 0 fully saturated rings. The molecule has 30 heavy (non-hydrogen) atoms. The number of rotatable bonds is 4. The predicted molar refractivity (Wildman–Crippen MR) is 122 cm³/mol. The first-order valence-electron chi connectivity index (χ1n) is 8.26. The largest absolute Gasteiger partial charge is 0.496 e. The van der Waals surface area contributed by atoms with E-state index in [0.29, 0.717) is 33.8 Å². The molecule has 3 rings (SSSR count). The van der Waals surface area contributed by atoms with E-state index in [2.05, 4.69) is 15.0 Å². The van der Waals surface area contributed by atoms with Crippen molar-refractivity contribution in [3.63, 3.8) is 0 Å². The molecule has 0 spiro atoms. The standard InChI is InChI=1S/C19H13Cl6N3O2/c1-29-12-7-3-5-10(18(20,21)22)14(12)16-26-9-27-17(28-16)15-11(19(23,24)25)6-4-8-13(15)30-2/h3-9H,1-2H3. The highest BCUT2D eigenvalue weighted by atomic mass is 35.6. The highest BCUT2D eigenvalue weighted by Gasteiger charge is 2.32. The van der Waals surface area contributed by atoms with Crippen LogP contribution in [0, 0.1) is 0 Å². The van der Waals surface area contributed by atoms with E-state index in [4.69, 9.17) is 79.1 Å². The Morgan fingerprint density at radius 1 is 0.667 bits per heavy atom. The summed E-state index contributed by atoms with van der Waals surface area (Å²) in [6, 6.07) is 10.1. The van der Waals surface area contributed by atoms with Crippen LogP contribution < -0.4 is 9.47 Å². The molecule has 0 atom stereocenters. The monoisotopic (exact) mass is 525 g/mol. The molecule has 1 heterocycles. The normalized spacial score (nSPS) is 12.0. The Hall–Kier alpha value is -1.21. The molecule has 0 saturated carbocycles. The molecular weight excluding hydrogens is 515 g/mol. The van der Waals surface area contributed by atoms with Gasteiger partial charge in [-0.3, -0.25) is 0 Å². The average molecular weight is 528 g/mol. The number of benzene rings is 2. The summed E-state index contributed by atoms with van der Waals surface area (Å²) in [6.45, 7) is 0. The molecule has 0 aliphatic rings. The number of alkyl halides is 6. The fourth-order valence-corrected chi connectivity index (χ4v) is 3.82. The third kappa shape index (κ3) is 4.82. The van der Waals surface area contributed by atoms with Crippen LogP contribution in [0.2, 0.25) is 0 Å². The SMILES string of the molecule is COc1cccc(C(Cl)(Cl)Cl)c1-c1ncnc(-c2c(OC)cccc2C(Cl)(Cl)Cl)n1. The van der Waals surface area contributed by atoms with Crippen LogP contribution in [0.5, 0.6) is 11.5 Å². The summed E-state index contributed by atoms with van der Waals surface area (Å²) in [7, 11) is 2.98. The third-order valence-electron chi connectivity index (χ3n) is 4.12. The van der Waals surface area contributed by atoms with Gasteiger partial charge in [0, 0.05) is 11.1 Å². The molecule has 158 valence electrons. The zero-order chi connectivity index (χ0) is 22.1. The highest BCUT2D eigenvalue weighted by Crippen LogP contribution is 2.47. The van der Waals surface area contributed by atoms with Crippen molar-refractivity contribution in [2.75, 3.05) is 14.2 Å². The summed E-state index contributed by atoms with van der Waals surface area (Å²) < 4.78 is 7.39. The number of methoxy groups -OCH3 is 2. The summed E-state index contributed by atoms with van der Waals surface area (Å²) in [5.74, 6) is 1.25. The van der Waals surface area contributed by atoms with Gasteiger partial charge in [0.25, 0.3) is 0 Å². The third-order valence-corrected chi connectivity index (χ3v) is 5.34. The number of hydrogen-bond acceptors (Lipinski definition) is 5. The van der Waals surface area contributed by atoms with E-state index in [1.54, 1.807) is 36.4 Å². The lowest BCUT2D eigenvalue weighted by Crippen LogP contribution is -2.09. The zero-order valence-corrected chi connectivity index (χ0v) is 20.0.